The molecule has 1 saturated heterocycles. The van der Waals surface area contributed by atoms with Crippen molar-refractivity contribution in [2.75, 3.05) is 25.2 Å². The van der Waals surface area contributed by atoms with Crippen LogP contribution in [0.3, 0.4) is 0 Å². The van der Waals surface area contributed by atoms with E-state index in [4.69, 9.17) is 14.5 Å². The molecule has 6 heteroatoms. The van der Waals surface area contributed by atoms with E-state index in [1.807, 2.05) is 59.5 Å². The van der Waals surface area contributed by atoms with Crippen molar-refractivity contribution in [3.05, 3.63) is 84.2 Å². The van der Waals surface area contributed by atoms with Gasteiger partial charge in [-0.05, 0) is 53.9 Å². The molecule has 1 atom stereocenters. The lowest BCUT2D eigenvalue weighted by Gasteiger charge is -2.18. The van der Waals surface area contributed by atoms with E-state index >= 15 is 0 Å². The van der Waals surface area contributed by atoms with Crippen molar-refractivity contribution in [3.8, 4) is 11.5 Å². The summed E-state index contributed by atoms with van der Waals surface area (Å²) in [5, 5.41) is 0. The van der Waals surface area contributed by atoms with E-state index < -0.39 is 0 Å². The van der Waals surface area contributed by atoms with Crippen LogP contribution in [0.15, 0.2) is 72.8 Å². The Balaban J connectivity index is 1.39. The van der Waals surface area contributed by atoms with Gasteiger partial charge in [0.2, 0.25) is 5.91 Å². The van der Waals surface area contributed by atoms with Gasteiger partial charge in [0.1, 0.15) is 23.9 Å². The number of anilines is 1. The molecule has 1 unspecified atom stereocenters. The SMILES string of the molecule is COc1ccc(N2CC(c3nc4ccccc4n3CCOc3ccccc3C(C)C)CC2=O)cc1. The third-order valence-electron chi connectivity index (χ3n) is 6.67. The number of rotatable bonds is 8. The first-order chi connectivity index (χ1) is 17.0. The van der Waals surface area contributed by atoms with E-state index in [0.717, 1.165) is 34.0 Å². The lowest BCUT2D eigenvalue weighted by molar-refractivity contribution is -0.117. The minimum Gasteiger partial charge on any atom is -0.497 e. The summed E-state index contributed by atoms with van der Waals surface area (Å²) in [7, 11) is 1.64. The summed E-state index contributed by atoms with van der Waals surface area (Å²) < 4.78 is 13.7. The minimum atomic E-state index is 0.0138. The van der Waals surface area contributed by atoms with Gasteiger partial charge in [-0.2, -0.15) is 0 Å². The van der Waals surface area contributed by atoms with E-state index in [0.29, 0.717) is 32.0 Å². The highest BCUT2D eigenvalue weighted by Gasteiger charge is 2.34. The monoisotopic (exact) mass is 469 g/mol. The Morgan fingerprint density at radius 3 is 2.51 bits per heavy atom. The molecule has 0 radical (unpaired) electrons. The quantitative estimate of drug-likeness (QED) is 0.329. The number of para-hydroxylation sites is 3. The summed E-state index contributed by atoms with van der Waals surface area (Å²) in [6, 6.07) is 24.0. The molecular formula is C29H31N3O3. The van der Waals surface area contributed by atoms with Crippen LogP contribution in [-0.2, 0) is 11.3 Å². The summed E-state index contributed by atoms with van der Waals surface area (Å²) in [5.41, 5.74) is 4.10. The maximum atomic E-state index is 13.0. The van der Waals surface area contributed by atoms with E-state index in [1.165, 1.54) is 5.56 Å². The number of hydrogen-bond acceptors (Lipinski definition) is 4. The zero-order chi connectivity index (χ0) is 24.4. The van der Waals surface area contributed by atoms with Gasteiger partial charge in [0.15, 0.2) is 0 Å². The summed E-state index contributed by atoms with van der Waals surface area (Å²) >= 11 is 0. The topological polar surface area (TPSA) is 56.6 Å². The predicted molar refractivity (Wildman–Crippen MR) is 138 cm³/mol. The van der Waals surface area contributed by atoms with Gasteiger partial charge in [-0.25, -0.2) is 4.98 Å². The number of amides is 1. The standard InChI is InChI=1S/C29H31N3O3/c1-20(2)24-8-4-7-11-27(24)35-17-16-31-26-10-6-5-9-25(26)30-29(31)21-18-28(33)32(19-21)22-12-14-23(34-3)15-13-22/h4-15,20-21H,16-19H2,1-3H3. The van der Waals surface area contributed by atoms with Crippen molar-refractivity contribution in [2.24, 2.45) is 0 Å². The zero-order valence-corrected chi connectivity index (χ0v) is 20.5. The fourth-order valence-electron chi connectivity index (χ4n) is 4.87. The summed E-state index contributed by atoms with van der Waals surface area (Å²) in [6.45, 7) is 6.14. The first-order valence-electron chi connectivity index (χ1n) is 12.2. The van der Waals surface area contributed by atoms with Crippen LogP contribution in [0, 0.1) is 0 Å². The van der Waals surface area contributed by atoms with Crippen LogP contribution in [0.25, 0.3) is 11.0 Å². The number of carbonyl (C=O) groups excluding carboxylic acids is 1. The Morgan fingerprint density at radius 2 is 1.74 bits per heavy atom. The van der Waals surface area contributed by atoms with Crippen LogP contribution in [0.5, 0.6) is 11.5 Å². The molecular weight excluding hydrogens is 438 g/mol. The molecule has 0 aliphatic carbocycles. The molecule has 0 saturated carbocycles. The lowest BCUT2D eigenvalue weighted by Crippen LogP contribution is -2.24. The van der Waals surface area contributed by atoms with Crippen molar-refractivity contribution in [2.45, 2.75) is 38.6 Å². The number of ether oxygens (including phenoxy) is 2. The molecule has 1 fully saturated rings. The van der Waals surface area contributed by atoms with Crippen LogP contribution in [0.4, 0.5) is 5.69 Å². The molecule has 1 aliphatic heterocycles. The third kappa shape index (κ3) is 4.61. The van der Waals surface area contributed by atoms with Crippen LogP contribution in [0.2, 0.25) is 0 Å². The largest absolute Gasteiger partial charge is 0.497 e. The number of hydrogen-bond donors (Lipinski definition) is 0. The molecule has 180 valence electrons. The Kier molecular flexibility index (Phi) is 6.45. The van der Waals surface area contributed by atoms with E-state index in [-0.39, 0.29) is 11.8 Å². The van der Waals surface area contributed by atoms with Crippen LogP contribution >= 0.6 is 0 Å². The molecule has 5 rings (SSSR count). The van der Waals surface area contributed by atoms with Gasteiger partial charge in [0.05, 0.1) is 24.7 Å². The number of fused-ring (bicyclic) bond motifs is 1. The van der Waals surface area contributed by atoms with Crippen LogP contribution < -0.4 is 14.4 Å². The van der Waals surface area contributed by atoms with Gasteiger partial charge in [0.25, 0.3) is 0 Å². The van der Waals surface area contributed by atoms with Gasteiger partial charge >= 0.3 is 0 Å². The van der Waals surface area contributed by atoms with Crippen molar-refractivity contribution in [1.82, 2.24) is 9.55 Å². The zero-order valence-electron chi connectivity index (χ0n) is 20.5. The Hall–Kier alpha value is -3.80. The van der Waals surface area contributed by atoms with E-state index in [9.17, 15) is 4.79 Å². The molecule has 4 aromatic rings. The lowest BCUT2D eigenvalue weighted by atomic mass is 10.0. The maximum absolute atomic E-state index is 13.0. The smallest absolute Gasteiger partial charge is 0.227 e. The molecule has 1 aromatic heterocycles. The summed E-state index contributed by atoms with van der Waals surface area (Å²) in [4.78, 5) is 19.8. The van der Waals surface area contributed by atoms with Gasteiger partial charge < -0.3 is 18.9 Å². The second kappa shape index (κ2) is 9.82. The fraction of sp³-hybridized carbons (Fsp3) is 0.310. The number of nitrogens with zero attached hydrogens (tertiary/aromatic N) is 3. The average molecular weight is 470 g/mol. The molecule has 0 N–H and O–H groups in total. The van der Waals surface area contributed by atoms with Crippen molar-refractivity contribution in [3.63, 3.8) is 0 Å². The minimum absolute atomic E-state index is 0.0138. The number of imidazole rings is 1. The van der Waals surface area contributed by atoms with E-state index in [2.05, 4.69) is 36.6 Å². The van der Waals surface area contributed by atoms with Crippen LogP contribution in [0.1, 0.15) is 43.5 Å². The Morgan fingerprint density at radius 1 is 1.00 bits per heavy atom. The molecule has 1 aliphatic rings. The number of methoxy groups -OCH3 is 1. The Labute approximate surface area is 206 Å². The Bertz CT molecular complexity index is 1330. The maximum Gasteiger partial charge on any atom is 0.227 e. The molecule has 6 nitrogen and oxygen atoms in total. The number of benzene rings is 3. The normalized spacial score (nSPS) is 15.8. The van der Waals surface area contributed by atoms with Gasteiger partial charge in [-0.15, -0.1) is 0 Å². The fourth-order valence-corrected chi connectivity index (χ4v) is 4.87. The highest BCUT2D eigenvalue weighted by Crippen LogP contribution is 2.34. The highest BCUT2D eigenvalue weighted by atomic mass is 16.5. The van der Waals surface area contributed by atoms with Gasteiger partial charge in [0, 0.05) is 24.6 Å². The first kappa shape index (κ1) is 23.0. The second-order valence-corrected chi connectivity index (χ2v) is 9.25. The molecule has 0 bridgehead atoms. The van der Waals surface area contributed by atoms with E-state index in [1.54, 1.807) is 7.11 Å². The van der Waals surface area contributed by atoms with Gasteiger partial charge in [-0.1, -0.05) is 44.2 Å². The van der Waals surface area contributed by atoms with Crippen molar-refractivity contribution in [1.29, 1.82) is 0 Å². The number of carbonyl (C=O) groups is 1. The predicted octanol–water partition coefficient (Wildman–Crippen LogP) is 5.77. The summed E-state index contributed by atoms with van der Waals surface area (Å²) in [5.74, 6) is 3.16. The van der Waals surface area contributed by atoms with Crippen molar-refractivity contribution < 1.29 is 14.3 Å². The molecule has 35 heavy (non-hydrogen) atoms. The molecule has 0 spiro atoms. The molecule has 1 amide bonds. The highest BCUT2D eigenvalue weighted by molar-refractivity contribution is 5.96. The number of aromatic nitrogens is 2. The first-order valence-corrected chi connectivity index (χ1v) is 12.2. The molecule has 3 aromatic carbocycles. The van der Waals surface area contributed by atoms with Crippen LogP contribution in [-0.4, -0.2) is 35.7 Å². The third-order valence-corrected chi connectivity index (χ3v) is 6.67. The second-order valence-electron chi connectivity index (χ2n) is 9.25. The molecule has 2 heterocycles. The summed E-state index contributed by atoms with van der Waals surface area (Å²) in [6.07, 6.45) is 0.437. The van der Waals surface area contributed by atoms with Crippen molar-refractivity contribution >= 4 is 22.6 Å². The van der Waals surface area contributed by atoms with Gasteiger partial charge in [-0.3, -0.25) is 4.79 Å². The average Bonchev–Trinajstić information content (AvgIpc) is 3.45.